The van der Waals surface area contributed by atoms with Crippen molar-refractivity contribution in [3.63, 3.8) is 0 Å². The van der Waals surface area contributed by atoms with Gasteiger partial charge in [-0.25, -0.2) is 17.2 Å². The number of piperazine rings is 1. The van der Waals surface area contributed by atoms with Crippen LogP contribution in [-0.2, 0) is 10.0 Å². The van der Waals surface area contributed by atoms with Gasteiger partial charge in [-0.3, -0.25) is 0 Å². The Hall–Kier alpha value is -2.50. The predicted molar refractivity (Wildman–Crippen MR) is 88.5 cm³/mol. The fourth-order valence-electron chi connectivity index (χ4n) is 2.83. The highest BCUT2D eigenvalue weighted by Gasteiger charge is 2.30. The summed E-state index contributed by atoms with van der Waals surface area (Å²) in [4.78, 5) is 1.65. The molecule has 1 heterocycles. The van der Waals surface area contributed by atoms with Crippen LogP contribution >= 0.6 is 0 Å². The molecule has 8 heteroatoms. The minimum atomic E-state index is -3.80. The van der Waals surface area contributed by atoms with Crippen LogP contribution in [0.1, 0.15) is 5.56 Å². The number of sulfonamides is 1. The van der Waals surface area contributed by atoms with Crippen LogP contribution in [0.2, 0.25) is 0 Å². The Morgan fingerprint density at radius 2 is 1.68 bits per heavy atom. The van der Waals surface area contributed by atoms with Crippen molar-refractivity contribution in [1.82, 2.24) is 4.31 Å². The monoisotopic (exact) mass is 363 g/mol. The molecule has 0 bridgehead atoms. The van der Waals surface area contributed by atoms with Gasteiger partial charge in [0.1, 0.15) is 17.7 Å². The number of hydrogen-bond acceptors (Lipinski definition) is 4. The first kappa shape index (κ1) is 17.3. The Morgan fingerprint density at radius 1 is 1.00 bits per heavy atom. The third-order valence-corrected chi connectivity index (χ3v) is 6.07. The summed E-state index contributed by atoms with van der Waals surface area (Å²) in [6.45, 7) is 0.852. The number of nitrogens with zero attached hydrogens (tertiary/aromatic N) is 3. The van der Waals surface area contributed by atoms with Crippen molar-refractivity contribution >= 4 is 15.7 Å². The Kier molecular flexibility index (Phi) is 4.70. The van der Waals surface area contributed by atoms with E-state index in [-0.39, 0.29) is 42.3 Å². The molecular formula is C17H15F2N3O2S. The number of halogens is 2. The Balaban J connectivity index is 1.79. The number of hydrogen-bond donors (Lipinski definition) is 0. The quantitative estimate of drug-likeness (QED) is 0.840. The smallest absolute Gasteiger partial charge is 0.244 e. The molecule has 1 fully saturated rings. The molecule has 1 saturated heterocycles. The highest BCUT2D eigenvalue weighted by atomic mass is 32.2. The summed E-state index contributed by atoms with van der Waals surface area (Å²) in [7, 11) is -3.80. The second kappa shape index (κ2) is 6.78. The van der Waals surface area contributed by atoms with Crippen molar-refractivity contribution in [2.24, 2.45) is 0 Å². The first-order valence-electron chi connectivity index (χ1n) is 7.63. The molecule has 0 N–H and O–H groups in total. The SMILES string of the molecule is N#Cc1ccccc1S(=O)(=O)N1CCN(c2ccc(F)cc2F)CC1. The van der Waals surface area contributed by atoms with Crippen LogP contribution in [0, 0.1) is 23.0 Å². The maximum Gasteiger partial charge on any atom is 0.244 e. The van der Waals surface area contributed by atoms with E-state index in [1.165, 1.54) is 28.6 Å². The van der Waals surface area contributed by atoms with Gasteiger partial charge < -0.3 is 4.90 Å². The number of nitriles is 1. The fourth-order valence-corrected chi connectivity index (χ4v) is 4.39. The van der Waals surface area contributed by atoms with E-state index in [0.29, 0.717) is 0 Å². The molecule has 130 valence electrons. The van der Waals surface area contributed by atoms with E-state index in [1.807, 2.05) is 6.07 Å². The summed E-state index contributed by atoms with van der Waals surface area (Å²) >= 11 is 0. The Labute approximate surface area is 144 Å². The molecule has 0 saturated carbocycles. The second-order valence-corrected chi connectivity index (χ2v) is 7.50. The van der Waals surface area contributed by atoms with Crippen LogP contribution in [0.5, 0.6) is 0 Å². The van der Waals surface area contributed by atoms with Crippen LogP contribution < -0.4 is 4.90 Å². The summed E-state index contributed by atoms with van der Waals surface area (Å²) in [5, 5.41) is 9.11. The van der Waals surface area contributed by atoms with Crippen LogP contribution in [-0.4, -0.2) is 38.9 Å². The summed E-state index contributed by atoms with van der Waals surface area (Å²) < 4.78 is 53.7. The van der Waals surface area contributed by atoms with Crippen molar-refractivity contribution in [3.8, 4) is 6.07 Å². The molecule has 2 aromatic rings. The van der Waals surface area contributed by atoms with E-state index in [4.69, 9.17) is 5.26 Å². The lowest BCUT2D eigenvalue weighted by molar-refractivity contribution is 0.383. The predicted octanol–water partition coefficient (Wildman–Crippen LogP) is 2.35. The first-order chi connectivity index (χ1) is 11.9. The van der Waals surface area contributed by atoms with Gasteiger partial charge in [0.2, 0.25) is 10.0 Å². The van der Waals surface area contributed by atoms with Gasteiger partial charge in [-0.15, -0.1) is 0 Å². The van der Waals surface area contributed by atoms with Crippen LogP contribution in [0.25, 0.3) is 0 Å². The maximum atomic E-state index is 13.9. The van der Waals surface area contributed by atoms with Crippen LogP contribution in [0.4, 0.5) is 14.5 Å². The van der Waals surface area contributed by atoms with Gasteiger partial charge in [0.25, 0.3) is 0 Å². The minimum absolute atomic E-state index is 0.0288. The molecule has 0 atom stereocenters. The van der Waals surface area contributed by atoms with Gasteiger partial charge in [-0.1, -0.05) is 12.1 Å². The lowest BCUT2D eigenvalue weighted by Crippen LogP contribution is -2.49. The zero-order valence-corrected chi connectivity index (χ0v) is 14.0. The maximum absolute atomic E-state index is 13.9. The fraction of sp³-hybridized carbons (Fsp3) is 0.235. The number of anilines is 1. The van der Waals surface area contributed by atoms with Crippen LogP contribution in [0.15, 0.2) is 47.4 Å². The summed E-state index contributed by atoms with van der Waals surface area (Å²) in [5.41, 5.74) is 0.338. The molecule has 0 aromatic heterocycles. The molecular weight excluding hydrogens is 348 g/mol. The van der Waals surface area contributed by atoms with E-state index in [9.17, 15) is 17.2 Å². The molecule has 1 aliphatic rings. The third kappa shape index (κ3) is 3.34. The van der Waals surface area contributed by atoms with Gasteiger partial charge in [-0.2, -0.15) is 9.57 Å². The second-order valence-electron chi connectivity index (χ2n) is 5.59. The molecule has 25 heavy (non-hydrogen) atoms. The summed E-state index contributed by atoms with van der Waals surface area (Å²) in [6, 6.07) is 11.2. The lowest BCUT2D eigenvalue weighted by atomic mass is 10.2. The molecule has 3 rings (SSSR count). The van der Waals surface area contributed by atoms with E-state index in [1.54, 1.807) is 17.0 Å². The zero-order valence-electron chi connectivity index (χ0n) is 13.2. The van der Waals surface area contributed by atoms with Gasteiger partial charge in [0.15, 0.2) is 0 Å². The Morgan fingerprint density at radius 3 is 2.32 bits per heavy atom. The number of benzene rings is 2. The normalized spacial score (nSPS) is 15.8. The molecule has 0 aliphatic carbocycles. The third-order valence-electron chi connectivity index (χ3n) is 4.11. The molecule has 0 spiro atoms. The Bertz CT molecular complexity index is 933. The van der Waals surface area contributed by atoms with Crippen molar-refractivity contribution in [2.45, 2.75) is 4.90 Å². The average molecular weight is 363 g/mol. The van der Waals surface area contributed by atoms with Crippen molar-refractivity contribution in [1.29, 1.82) is 5.26 Å². The molecule has 1 aliphatic heterocycles. The zero-order chi connectivity index (χ0) is 18.0. The highest BCUT2D eigenvalue weighted by molar-refractivity contribution is 7.89. The van der Waals surface area contributed by atoms with E-state index < -0.39 is 21.7 Å². The number of rotatable bonds is 3. The molecule has 2 aromatic carbocycles. The van der Waals surface area contributed by atoms with Crippen molar-refractivity contribution < 1.29 is 17.2 Å². The van der Waals surface area contributed by atoms with E-state index >= 15 is 0 Å². The highest BCUT2D eigenvalue weighted by Crippen LogP contribution is 2.25. The minimum Gasteiger partial charge on any atom is -0.367 e. The van der Waals surface area contributed by atoms with Crippen LogP contribution in [0.3, 0.4) is 0 Å². The average Bonchev–Trinajstić information content (AvgIpc) is 2.62. The van der Waals surface area contributed by atoms with E-state index in [0.717, 1.165) is 6.07 Å². The summed E-state index contributed by atoms with van der Waals surface area (Å²) in [5.74, 6) is -1.33. The molecule has 0 amide bonds. The topological polar surface area (TPSA) is 64.4 Å². The molecule has 0 radical (unpaired) electrons. The standard InChI is InChI=1S/C17H15F2N3O2S/c18-14-5-6-16(15(19)11-14)21-7-9-22(10-8-21)25(23,24)17-4-2-1-3-13(17)12-20/h1-6,11H,7-10H2. The van der Waals surface area contributed by atoms with Crippen molar-refractivity contribution in [2.75, 3.05) is 31.1 Å². The van der Waals surface area contributed by atoms with Gasteiger partial charge >= 0.3 is 0 Å². The summed E-state index contributed by atoms with van der Waals surface area (Å²) in [6.07, 6.45) is 0. The van der Waals surface area contributed by atoms with Gasteiger partial charge in [0.05, 0.1) is 16.1 Å². The molecule has 5 nitrogen and oxygen atoms in total. The van der Waals surface area contributed by atoms with Gasteiger partial charge in [-0.05, 0) is 24.3 Å². The first-order valence-corrected chi connectivity index (χ1v) is 9.07. The van der Waals surface area contributed by atoms with Crippen molar-refractivity contribution in [3.05, 3.63) is 59.7 Å². The molecule has 0 unspecified atom stereocenters. The van der Waals surface area contributed by atoms with E-state index in [2.05, 4.69) is 0 Å². The van der Waals surface area contributed by atoms with Gasteiger partial charge in [0, 0.05) is 32.2 Å². The lowest BCUT2D eigenvalue weighted by Gasteiger charge is -2.35. The largest absolute Gasteiger partial charge is 0.367 e.